The highest BCUT2D eigenvalue weighted by Crippen LogP contribution is 2.55. The number of hydrogen-bond donors (Lipinski definition) is 0. The summed E-state index contributed by atoms with van der Waals surface area (Å²) in [5.74, 6) is 0. The van der Waals surface area contributed by atoms with E-state index >= 15 is 0 Å². The second-order valence-electron chi connectivity index (χ2n) is 17.3. The smallest absolute Gasteiger partial charge is 0.0546 e. The average Bonchev–Trinajstić information content (AvgIpc) is 3.66. The molecule has 0 radical (unpaired) electrons. The highest BCUT2D eigenvalue weighted by Gasteiger charge is 2.38. The number of fused-ring (bicyclic) bond motifs is 8. The van der Waals surface area contributed by atoms with E-state index in [1.807, 2.05) is 0 Å². The first-order valence-corrected chi connectivity index (χ1v) is 20.8. The first kappa shape index (κ1) is 35.2. The lowest BCUT2D eigenvalue weighted by Gasteiger charge is -2.31. The van der Waals surface area contributed by atoms with Gasteiger partial charge in [0.05, 0.1) is 5.69 Å². The van der Waals surface area contributed by atoms with Crippen LogP contribution in [0.2, 0.25) is 0 Å². The van der Waals surface area contributed by atoms with Gasteiger partial charge in [0.15, 0.2) is 0 Å². The summed E-state index contributed by atoms with van der Waals surface area (Å²) in [4.78, 5) is 2.50. The fourth-order valence-corrected chi connectivity index (χ4v) is 10.4. The first-order valence-electron chi connectivity index (χ1n) is 20.8. The van der Waals surface area contributed by atoms with Crippen LogP contribution >= 0.6 is 0 Å². The Bertz CT molecular complexity index is 3100. The van der Waals surface area contributed by atoms with E-state index in [1.54, 1.807) is 0 Å². The van der Waals surface area contributed by atoms with Crippen molar-refractivity contribution in [2.45, 2.75) is 38.5 Å². The largest absolute Gasteiger partial charge is 0.310 e. The SMILES string of the molecule is CC1(C)c2ccccc2-c2ccc(N(c3cccc(-c4ccccc4)c3)c3cccc(-c4ccc5c(c4)-c4ccc6ccccc6c4C5(C)C)c3-c3ccccc3)cc21. The molecule has 0 saturated heterocycles. The molecule has 0 heterocycles. The van der Waals surface area contributed by atoms with Crippen LogP contribution in [-0.2, 0) is 10.8 Å². The van der Waals surface area contributed by atoms with Crippen LogP contribution in [0.15, 0.2) is 200 Å². The van der Waals surface area contributed by atoms with Crippen molar-refractivity contribution >= 4 is 27.8 Å². The molecule has 1 nitrogen and oxygen atoms in total. The number of hydrogen-bond acceptors (Lipinski definition) is 1. The van der Waals surface area contributed by atoms with Gasteiger partial charge in [-0.1, -0.05) is 191 Å². The Morgan fingerprint density at radius 3 is 1.80 bits per heavy atom. The molecule has 11 rings (SSSR count). The molecule has 9 aromatic rings. The van der Waals surface area contributed by atoms with Crippen LogP contribution in [0.5, 0.6) is 0 Å². The van der Waals surface area contributed by atoms with Crippen molar-refractivity contribution in [3.05, 3.63) is 222 Å². The zero-order chi connectivity index (χ0) is 39.9. The maximum absolute atomic E-state index is 2.50. The summed E-state index contributed by atoms with van der Waals surface area (Å²) in [6.45, 7) is 9.51. The van der Waals surface area contributed by atoms with E-state index in [0.717, 1.165) is 17.1 Å². The van der Waals surface area contributed by atoms with Crippen molar-refractivity contribution in [3.8, 4) is 55.6 Å². The second kappa shape index (κ2) is 13.3. The molecule has 1 heteroatoms. The highest BCUT2D eigenvalue weighted by atomic mass is 15.1. The van der Waals surface area contributed by atoms with Crippen LogP contribution in [0.4, 0.5) is 17.1 Å². The first-order chi connectivity index (χ1) is 28.8. The summed E-state index contributed by atoms with van der Waals surface area (Å²) < 4.78 is 0. The minimum absolute atomic E-state index is 0.115. The van der Waals surface area contributed by atoms with Gasteiger partial charge in [0, 0.05) is 27.8 Å². The molecule has 0 aromatic heterocycles. The lowest BCUT2D eigenvalue weighted by atomic mass is 9.80. The lowest BCUT2D eigenvalue weighted by Crippen LogP contribution is -2.17. The van der Waals surface area contributed by atoms with E-state index < -0.39 is 0 Å². The van der Waals surface area contributed by atoms with Crippen LogP contribution in [0, 0.1) is 0 Å². The fraction of sp³-hybridized carbons (Fsp3) is 0.103. The maximum Gasteiger partial charge on any atom is 0.0546 e. The summed E-state index contributed by atoms with van der Waals surface area (Å²) in [6, 6.07) is 74.3. The van der Waals surface area contributed by atoms with Gasteiger partial charge in [-0.05, 0) is 119 Å². The number of anilines is 3. The standard InChI is InChI=1S/C58H45N/c1-57(2)51-27-14-13-25-47(51)48-33-31-44(37-53(48)57)59(43-23-15-22-41(35-43)38-17-7-5-8-18-38)54-28-16-26-45(55(54)40-20-9-6-10-21-40)42-30-34-52-50(36-42)49-32-29-39-19-11-12-24-46(39)56(49)58(52,3)4/h5-37H,1-4H3. The quantitative estimate of drug-likeness (QED) is 0.163. The van der Waals surface area contributed by atoms with Crippen LogP contribution < -0.4 is 4.90 Å². The molecule has 0 spiro atoms. The van der Waals surface area contributed by atoms with E-state index in [0.29, 0.717) is 0 Å². The van der Waals surface area contributed by atoms with Crippen molar-refractivity contribution in [2.24, 2.45) is 0 Å². The third kappa shape index (κ3) is 5.45. The topological polar surface area (TPSA) is 3.24 Å². The maximum atomic E-state index is 2.50. The predicted octanol–water partition coefficient (Wildman–Crippen LogP) is 15.9. The molecule has 0 unspecified atom stereocenters. The molecule has 0 N–H and O–H groups in total. The van der Waals surface area contributed by atoms with Gasteiger partial charge in [-0.3, -0.25) is 0 Å². The van der Waals surface area contributed by atoms with Crippen molar-refractivity contribution in [1.82, 2.24) is 0 Å². The van der Waals surface area contributed by atoms with Gasteiger partial charge in [-0.2, -0.15) is 0 Å². The van der Waals surface area contributed by atoms with Crippen molar-refractivity contribution in [3.63, 3.8) is 0 Å². The molecular formula is C58H45N. The minimum Gasteiger partial charge on any atom is -0.310 e. The van der Waals surface area contributed by atoms with E-state index in [4.69, 9.17) is 0 Å². The van der Waals surface area contributed by atoms with E-state index in [9.17, 15) is 0 Å². The zero-order valence-electron chi connectivity index (χ0n) is 34.0. The molecule has 0 atom stereocenters. The van der Waals surface area contributed by atoms with Crippen LogP contribution in [-0.4, -0.2) is 0 Å². The van der Waals surface area contributed by atoms with Gasteiger partial charge in [-0.15, -0.1) is 0 Å². The molecular weight excluding hydrogens is 711 g/mol. The number of benzene rings is 9. The molecule has 2 aliphatic rings. The minimum atomic E-state index is -0.136. The van der Waals surface area contributed by atoms with Crippen LogP contribution in [0.25, 0.3) is 66.4 Å². The Balaban J connectivity index is 1.15. The van der Waals surface area contributed by atoms with Crippen molar-refractivity contribution in [1.29, 1.82) is 0 Å². The molecule has 0 fully saturated rings. The predicted molar refractivity (Wildman–Crippen MR) is 250 cm³/mol. The summed E-state index contributed by atoms with van der Waals surface area (Å²) >= 11 is 0. The molecule has 282 valence electrons. The highest BCUT2D eigenvalue weighted by molar-refractivity contribution is 6.01. The van der Waals surface area contributed by atoms with Gasteiger partial charge in [-0.25, -0.2) is 0 Å². The number of rotatable bonds is 6. The number of nitrogens with zero attached hydrogens (tertiary/aromatic N) is 1. The zero-order valence-corrected chi connectivity index (χ0v) is 34.0. The Kier molecular flexibility index (Phi) is 7.94. The van der Waals surface area contributed by atoms with Crippen LogP contribution in [0.1, 0.15) is 49.9 Å². The van der Waals surface area contributed by atoms with Crippen molar-refractivity contribution in [2.75, 3.05) is 4.90 Å². The third-order valence-electron chi connectivity index (χ3n) is 13.2. The second-order valence-corrected chi connectivity index (χ2v) is 17.3. The summed E-state index contributed by atoms with van der Waals surface area (Å²) in [5, 5.41) is 2.63. The Morgan fingerprint density at radius 1 is 0.339 bits per heavy atom. The molecule has 0 amide bonds. The third-order valence-corrected chi connectivity index (χ3v) is 13.2. The fourth-order valence-electron chi connectivity index (χ4n) is 10.4. The van der Waals surface area contributed by atoms with Gasteiger partial charge in [0.2, 0.25) is 0 Å². The summed E-state index contributed by atoms with van der Waals surface area (Å²) in [5.41, 5.74) is 21.2. The molecule has 0 saturated carbocycles. The van der Waals surface area contributed by atoms with E-state index in [1.165, 1.54) is 88.7 Å². The van der Waals surface area contributed by atoms with E-state index in [-0.39, 0.29) is 10.8 Å². The monoisotopic (exact) mass is 755 g/mol. The Morgan fingerprint density at radius 2 is 0.966 bits per heavy atom. The van der Waals surface area contributed by atoms with Gasteiger partial charge < -0.3 is 4.90 Å². The Hall–Kier alpha value is -6.96. The lowest BCUT2D eigenvalue weighted by molar-refractivity contribution is 0.660. The van der Waals surface area contributed by atoms with Crippen molar-refractivity contribution < 1.29 is 0 Å². The molecule has 2 aliphatic carbocycles. The molecule has 59 heavy (non-hydrogen) atoms. The Labute approximate surface area is 347 Å². The van der Waals surface area contributed by atoms with Gasteiger partial charge in [0.25, 0.3) is 0 Å². The van der Waals surface area contributed by atoms with E-state index in [2.05, 4.69) is 233 Å². The molecule has 0 bridgehead atoms. The van der Waals surface area contributed by atoms with Gasteiger partial charge in [0.1, 0.15) is 0 Å². The summed E-state index contributed by atoms with van der Waals surface area (Å²) in [7, 11) is 0. The average molecular weight is 756 g/mol. The normalized spacial score (nSPS) is 14.0. The van der Waals surface area contributed by atoms with Gasteiger partial charge >= 0.3 is 0 Å². The summed E-state index contributed by atoms with van der Waals surface area (Å²) in [6.07, 6.45) is 0. The molecule has 0 aliphatic heterocycles. The molecule has 9 aromatic carbocycles. The van der Waals surface area contributed by atoms with Crippen LogP contribution in [0.3, 0.4) is 0 Å².